The molecule has 1 heterocycles. The predicted octanol–water partition coefficient (Wildman–Crippen LogP) is 3.21. The topological polar surface area (TPSA) is 73.1 Å². The molecule has 1 amide bonds. The van der Waals surface area contributed by atoms with Gasteiger partial charge in [0.15, 0.2) is 17.3 Å². The number of hydrogen-bond acceptors (Lipinski definition) is 5. The number of ether oxygens (including phenoxy) is 2. The molecule has 1 N–H and O–H groups in total. The molecule has 6 nitrogen and oxygen atoms in total. The van der Waals surface area contributed by atoms with Crippen molar-refractivity contribution in [1.82, 2.24) is 5.43 Å². The van der Waals surface area contributed by atoms with Gasteiger partial charge in [-0.3, -0.25) is 4.79 Å². The van der Waals surface area contributed by atoms with E-state index in [-0.39, 0.29) is 5.76 Å². The Bertz CT molecular complexity index is 866. The van der Waals surface area contributed by atoms with Crippen LogP contribution in [0, 0.1) is 0 Å². The van der Waals surface area contributed by atoms with E-state index in [1.165, 1.54) is 6.21 Å². The third kappa shape index (κ3) is 3.08. The minimum Gasteiger partial charge on any atom is -0.493 e. The first-order valence-electron chi connectivity index (χ1n) is 7.26. The van der Waals surface area contributed by atoms with E-state index in [4.69, 9.17) is 13.9 Å². The summed E-state index contributed by atoms with van der Waals surface area (Å²) in [4.78, 5) is 12.1. The molecule has 3 rings (SSSR count). The zero-order valence-electron chi connectivity index (χ0n) is 13.3. The van der Waals surface area contributed by atoms with Gasteiger partial charge in [-0.25, -0.2) is 5.43 Å². The highest BCUT2D eigenvalue weighted by atomic mass is 16.5. The minimum absolute atomic E-state index is 0.200. The van der Waals surface area contributed by atoms with Gasteiger partial charge in [0.2, 0.25) is 0 Å². The lowest BCUT2D eigenvalue weighted by molar-refractivity contribution is 0.0929. The number of carbonyl (C=O) groups excluding carboxylic acids is 1. The Balaban J connectivity index is 1.75. The number of hydrogen-bond donors (Lipinski definition) is 1. The molecule has 2 aromatic carbocycles. The number of rotatable bonds is 5. The number of methoxy groups -OCH3 is 2. The molecule has 0 radical (unpaired) electrons. The Hall–Kier alpha value is -3.28. The third-order valence-corrected chi connectivity index (χ3v) is 3.45. The fourth-order valence-corrected chi connectivity index (χ4v) is 2.32. The lowest BCUT2D eigenvalue weighted by atomic mass is 10.2. The van der Waals surface area contributed by atoms with Gasteiger partial charge >= 0.3 is 5.91 Å². The SMILES string of the molecule is COc1cccc(C=NNC(=O)c2cc3ccccc3o2)c1OC. The molecule has 0 bridgehead atoms. The van der Waals surface area contributed by atoms with E-state index in [0.717, 1.165) is 5.39 Å². The van der Waals surface area contributed by atoms with Crippen molar-refractivity contribution in [2.45, 2.75) is 0 Å². The fraction of sp³-hybridized carbons (Fsp3) is 0.111. The average Bonchev–Trinajstić information content (AvgIpc) is 3.05. The lowest BCUT2D eigenvalue weighted by Crippen LogP contribution is -2.16. The molecule has 0 aliphatic heterocycles. The van der Waals surface area contributed by atoms with E-state index >= 15 is 0 Å². The van der Waals surface area contributed by atoms with Gasteiger partial charge in [-0.15, -0.1) is 0 Å². The maximum Gasteiger partial charge on any atom is 0.307 e. The first-order chi connectivity index (χ1) is 11.7. The molecular weight excluding hydrogens is 308 g/mol. The minimum atomic E-state index is -0.427. The Morgan fingerprint density at radius 2 is 1.96 bits per heavy atom. The van der Waals surface area contributed by atoms with Crippen LogP contribution in [0.25, 0.3) is 11.0 Å². The summed E-state index contributed by atoms with van der Waals surface area (Å²) < 4.78 is 16.0. The van der Waals surface area contributed by atoms with E-state index in [1.807, 2.05) is 24.3 Å². The average molecular weight is 324 g/mol. The van der Waals surface area contributed by atoms with Gasteiger partial charge in [-0.2, -0.15) is 5.10 Å². The highest BCUT2D eigenvalue weighted by Gasteiger charge is 2.11. The number of nitrogens with zero attached hydrogens (tertiary/aromatic N) is 1. The number of nitrogens with one attached hydrogen (secondary N) is 1. The van der Waals surface area contributed by atoms with Crippen LogP contribution in [0.15, 0.2) is 58.0 Å². The van der Waals surface area contributed by atoms with Gasteiger partial charge in [0.05, 0.1) is 20.4 Å². The van der Waals surface area contributed by atoms with Crippen molar-refractivity contribution >= 4 is 23.1 Å². The van der Waals surface area contributed by atoms with Crippen LogP contribution in [0.4, 0.5) is 0 Å². The Morgan fingerprint density at radius 3 is 2.71 bits per heavy atom. The molecular formula is C18H16N2O4. The van der Waals surface area contributed by atoms with Gasteiger partial charge in [0.25, 0.3) is 0 Å². The van der Waals surface area contributed by atoms with Crippen molar-refractivity contribution in [1.29, 1.82) is 0 Å². The van der Waals surface area contributed by atoms with Gasteiger partial charge in [0.1, 0.15) is 5.58 Å². The number of furan rings is 1. The summed E-state index contributed by atoms with van der Waals surface area (Å²) in [7, 11) is 3.10. The number of benzene rings is 2. The fourth-order valence-electron chi connectivity index (χ4n) is 2.32. The Morgan fingerprint density at radius 1 is 1.12 bits per heavy atom. The molecule has 0 fully saturated rings. The molecule has 0 spiro atoms. The predicted molar refractivity (Wildman–Crippen MR) is 90.8 cm³/mol. The van der Waals surface area contributed by atoms with Crippen LogP contribution in [-0.2, 0) is 0 Å². The molecule has 122 valence electrons. The number of carbonyl (C=O) groups is 1. The number of fused-ring (bicyclic) bond motifs is 1. The van der Waals surface area contributed by atoms with Crippen molar-refractivity contribution in [3.8, 4) is 11.5 Å². The molecule has 1 aromatic heterocycles. The molecule has 0 atom stereocenters. The molecule has 24 heavy (non-hydrogen) atoms. The number of amides is 1. The summed E-state index contributed by atoms with van der Waals surface area (Å²) in [6.45, 7) is 0. The van der Waals surface area contributed by atoms with Gasteiger partial charge in [-0.05, 0) is 24.3 Å². The second-order valence-corrected chi connectivity index (χ2v) is 4.93. The molecule has 0 saturated heterocycles. The van der Waals surface area contributed by atoms with Crippen LogP contribution < -0.4 is 14.9 Å². The summed E-state index contributed by atoms with van der Waals surface area (Å²) in [5.74, 6) is 0.905. The molecule has 0 saturated carbocycles. The third-order valence-electron chi connectivity index (χ3n) is 3.45. The molecule has 0 aliphatic rings. The lowest BCUT2D eigenvalue weighted by Gasteiger charge is -2.09. The van der Waals surface area contributed by atoms with E-state index < -0.39 is 5.91 Å². The maximum atomic E-state index is 12.1. The van der Waals surface area contributed by atoms with E-state index in [1.54, 1.807) is 38.5 Å². The largest absolute Gasteiger partial charge is 0.493 e. The molecule has 0 aliphatic carbocycles. The first-order valence-corrected chi connectivity index (χ1v) is 7.26. The van der Waals surface area contributed by atoms with E-state index in [2.05, 4.69) is 10.5 Å². The summed E-state index contributed by atoms with van der Waals surface area (Å²) in [6.07, 6.45) is 1.49. The van der Waals surface area contributed by atoms with Crippen molar-refractivity contribution in [2.24, 2.45) is 5.10 Å². The summed E-state index contributed by atoms with van der Waals surface area (Å²) in [5, 5.41) is 4.81. The van der Waals surface area contributed by atoms with Crippen molar-refractivity contribution < 1.29 is 18.7 Å². The summed E-state index contributed by atoms with van der Waals surface area (Å²) >= 11 is 0. The van der Waals surface area contributed by atoms with E-state index in [0.29, 0.717) is 22.6 Å². The maximum absolute atomic E-state index is 12.1. The summed E-state index contributed by atoms with van der Waals surface area (Å²) in [6, 6.07) is 14.5. The van der Waals surface area contributed by atoms with E-state index in [9.17, 15) is 4.79 Å². The number of para-hydroxylation sites is 2. The Labute approximate surface area is 138 Å². The van der Waals surface area contributed by atoms with Crippen LogP contribution >= 0.6 is 0 Å². The van der Waals surface area contributed by atoms with Gasteiger partial charge < -0.3 is 13.9 Å². The first kappa shape index (κ1) is 15.6. The summed E-state index contributed by atoms with van der Waals surface area (Å²) in [5.41, 5.74) is 3.77. The monoisotopic (exact) mass is 324 g/mol. The van der Waals surface area contributed by atoms with Crippen LogP contribution in [0.3, 0.4) is 0 Å². The van der Waals surface area contributed by atoms with Crippen molar-refractivity contribution in [2.75, 3.05) is 14.2 Å². The van der Waals surface area contributed by atoms with Gasteiger partial charge in [0, 0.05) is 10.9 Å². The molecule has 6 heteroatoms. The standard InChI is InChI=1S/C18H16N2O4/c1-22-15-9-5-7-13(17(15)23-2)11-19-20-18(21)16-10-12-6-3-4-8-14(12)24-16/h3-11H,1-2H3,(H,20,21). The quantitative estimate of drug-likeness (QED) is 0.578. The zero-order chi connectivity index (χ0) is 16.9. The van der Waals surface area contributed by atoms with Gasteiger partial charge in [-0.1, -0.05) is 24.3 Å². The smallest absolute Gasteiger partial charge is 0.307 e. The number of hydrazone groups is 1. The second kappa shape index (κ2) is 6.87. The zero-order valence-corrected chi connectivity index (χ0v) is 13.3. The highest BCUT2D eigenvalue weighted by Crippen LogP contribution is 2.29. The van der Waals surface area contributed by atoms with Crippen LogP contribution in [0.1, 0.15) is 16.1 Å². The highest BCUT2D eigenvalue weighted by molar-refractivity contribution is 5.96. The van der Waals surface area contributed by atoms with Crippen LogP contribution in [-0.4, -0.2) is 26.3 Å². The molecule has 3 aromatic rings. The van der Waals surface area contributed by atoms with Crippen LogP contribution in [0.5, 0.6) is 11.5 Å². The normalized spacial score (nSPS) is 10.9. The second-order valence-electron chi connectivity index (χ2n) is 4.93. The Kier molecular flexibility index (Phi) is 4.47. The van der Waals surface area contributed by atoms with Crippen LogP contribution in [0.2, 0.25) is 0 Å². The van der Waals surface area contributed by atoms with Crippen molar-refractivity contribution in [3.05, 3.63) is 59.9 Å². The van der Waals surface area contributed by atoms with Crippen molar-refractivity contribution in [3.63, 3.8) is 0 Å². The molecule has 0 unspecified atom stereocenters.